The summed E-state index contributed by atoms with van der Waals surface area (Å²) in [5, 5.41) is 0.835. The van der Waals surface area contributed by atoms with Gasteiger partial charge in [0.25, 0.3) is 0 Å². The van der Waals surface area contributed by atoms with Gasteiger partial charge in [-0.15, -0.1) is 0 Å². The van der Waals surface area contributed by atoms with Crippen LogP contribution in [0.2, 0.25) is 0 Å². The van der Waals surface area contributed by atoms with Gasteiger partial charge >= 0.3 is 149 Å². The van der Waals surface area contributed by atoms with E-state index in [1.54, 1.807) is 0 Å². The molecule has 0 spiro atoms. The zero-order valence-corrected chi connectivity index (χ0v) is 15.9. The van der Waals surface area contributed by atoms with E-state index in [0.717, 1.165) is 34.1 Å². The third-order valence-corrected chi connectivity index (χ3v) is 6.46. The normalized spacial score (nSPS) is 11.0. The zero-order valence-electron chi connectivity index (χ0n) is 12.0. The van der Waals surface area contributed by atoms with Gasteiger partial charge in [-0.2, -0.15) is 0 Å². The molecule has 0 saturated carbocycles. The fourth-order valence-corrected chi connectivity index (χ4v) is 4.84. The van der Waals surface area contributed by atoms with Gasteiger partial charge in [-0.1, -0.05) is 0 Å². The Morgan fingerprint density at radius 2 is 1.82 bits per heavy atom. The predicted octanol–water partition coefficient (Wildman–Crippen LogP) is 3.64. The molecule has 3 nitrogen and oxygen atoms in total. The van der Waals surface area contributed by atoms with Crippen LogP contribution in [0.3, 0.4) is 0 Å². The van der Waals surface area contributed by atoms with E-state index in [9.17, 15) is 4.79 Å². The van der Waals surface area contributed by atoms with Crippen LogP contribution in [0.25, 0.3) is 15.3 Å². The van der Waals surface area contributed by atoms with Gasteiger partial charge in [-0.3, -0.25) is 0 Å². The van der Waals surface area contributed by atoms with Crippen molar-refractivity contribution in [2.45, 2.75) is 12.8 Å². The van der Waals surface area contributed by atoms with Crippen LogP contribution in [0.5, 0.6) is 5.75 Å². The molecule has 0 atom stereocenters. The van der Waals surface area contributed by atoms with Crippen LogP contribution < -0.4 is 10.3 Å². The fourth-order valence-electron chi connectivity index (χ4n) is 2.21. The van der Waals surface area contributed by atoms with Crippen molar-refractivity contribution < 1.29 is 4.74 Å². The monoisotopic (exact) mass is 473 g/mol. The van der Waals surface area contributed by atoms with Gasteiger partial charge in [0.1, 0.15) is 0 Å². The van der Waals surface area contributed by atoms with Crippen LogP contribution in [0.1, 0.15) is 12.8 Å². The number of nitrogens with zero attached hydrogens (tertiary/aromatic N) is 1. The average Bonchev–Trinajstić information content (AvgIpc) is 2.90. The summed E-state index contributed by atoms with van der Waals surface area (Å²) >= 11 is 2.40. The van der Waals surface area contributed by atoms with E-state index < -0.39 is 0 Å². The molecule has 22 heavy (non-hydrogen) atoms. The molecular weight excluding hydrogens is 456 g/mol. The molecule has 0 radical (unpaired) electrons. The maximum absolute atomic E-state index is 12.4. The van der Waals surface area contributed by atoms with E-state index in [2.05, 4.69) is 22.6 Å². The first-order valence-electron chi connectivity index (χ1n) is 7.20. The molecule has 0 aliphatic heterocycles. The summed E-state index contributed by atoms with van der Waals surface area (Å²) in [6.45, 7) is 0.750. The number of hydrogen-bond donors (Lipinski definition) is 0. The number of unbranched alkanes of at least 4 members (excludes halogenated alkanes) is 1. The van der Waals surface area contributed by atoms with Crippen molar-refractivity contribution in [3.8, 4) is 11.4 Å². The fraction of sp³-hybridized carbons (Fsp3) is 0.235. The van der Waals surface area contributed by atoms with E-state index in [1.165, 1.54) is 10.8 Å². The molecule has 0 aliphatic rings. The number of aromatic nitrogens is 1. The molecule has 0 amide bonds. The first kappa shape index (κ1) is 15.8. The molecule has 3 rings (SSSR count). The maximum atomic E-state index is 12.4. The van der Waals surface area contributed by atoms with Gasteiger partial charge in [-0.05, 0) is 0 Å². The Morgan fingerprint density at radius 1 is 1.05 bits per heavy atom. The quantitative estimate of drug-likeness (QED) is 0.238. The Kier molecular flexibility index (Phi) is 5.39. The van der Waals surface area contributed by atoms with Gasteiger partial charge in [0.15, 0.2) is 0 Å². The molecule has 114 valence electrons. The summed E-state index contributed by atoms with van der Waals surface area (Å²) in [4.78, 5) is 12.4. The second kappa shape index (κ2) is 7.49. The van der Waals surface area contributed by atoms with Crippen molar-refractivity contribution in [1.82, 2.24) is 3.56 Å². The first-order chi connectivity index (χ1) is 10.8. The average molecular weight is 472 g/mol. The van der Waals surface area contributed by atoms with Crippen molar-refractivity contribution in [2.75, 3.05) is 11.0 Å². The second-order valence-corrected chi connectivity index (χ2v) is 8.08. The third-order valence-electron chi connectivity index (χ3n) is 3.36. The number of halogens is 1. The van der Waals surface area contributed by atoms with Crippen molar-refractivity contribution in [3.63, 3.8) is 0 Å². The number of alkyl halides is 1. The van der Waals surface area contributed by atoms with Gasteiger partial charge in [0, 0.05) is 0 Å². The van der Waals surface area contributed by atoms with Crippen LogP contribution in [0, 0.1) is 0 Å². The third kappa shape index (κ3) is 3.47. The van der Waals surface area contributed by atoms with Gasteiger partial charge in [-0.25, -0.2) is 0 Å². The molecule has 1 aromatic heterocycles. The molecule has 0 saturated heterocycles. The minimum absolute atomic E-state index is 0.0241. The summed E-state index contributed by atoms with van der Waals surface area (Å²) < 4.78 is 9.90. The molecule has 2 aromatic carbocycles. The second-order valence-electron chi connectivity index (χ2n) is 4.93. The van der Waals surface area contributed by atoms with Crippen molar-refractivity contribution in [2.24, 2.45) is 0 Å². The Hall–Kier alpha value is -1.04. The molecule has 3 aromatic rings. The summed E-state index contributed by atoms with van der Waals surface area (Å²) in [5.74, 6) is 0.869. The van der Waals surface area contributed by atoms with Crippen LogP contribution in [0.15, 0.2) is 53.3 Å². The number of hydrogen-bond acceptors (Lipinski definition) is 2. The molecular formula is C17H16INO2Se. The summed E-state index contributed by atoms with van der Waals surface area (Å²) in [5.41, 5.74) is 1.05. The van der Waals surface area contributed by atoms with Crippen molar-refractivity contribution in [3.05, 3.63) is 58.9 Å². The molecule has 0 fully saturated rings. The van der Waals surface area contributed by atoms with Crippen LogP contribution in [-0.2, 0) is 0 Å². The van der Waals surface area contributed by atoms with E-state index in [4.69, 9.17) is 4.74 Å². The summed E-state index contributed by atoms with van der Waals surface area (Å²) in [6, 6.07) is 15.7. The molecule has 0 bridgehead atoms. The van der Waals surface area contributed by atoms with E-state index >= 15 is 0 Å². The summed E-state index contributed by atoms with van der Waals surface area (Å²) in [6.07, 6.45) is 2.26. The van der Waals surface area contributed by atoms with E-state index in [-0.39, 0.29) is 20.3 Å². The predicted molar refractivity (Wildman–Crippen MR) is 100 cm³/mol. The van der Waals surface area contributed by atoms with Crippen LogP contribution in [-0.4, -0.2) is 29.3 Å². The van der Waals surface area contributed by atoms with Gasteiger partial charge in [0.05, 0.1) is 0 Å². The Bertz CT molecular complexity index is 807. The van der Waals surface area contributed by atoms with Gasteiger partial charge < -0.3 is 0 Å². The van der Waals surface area contributed by atoms with Gasteiger partial charge in [0.2, 0.25) is 0 Å². The molecule has 5 heteroatoms. The Balaban J connectivity index is 1.79. The van der Waals surface area contributed by atoms with Crippen LogP contribution in [0.4, 0.5) is 0 Å². The molecule has 0 N–H and O–H groups in total. The zero-order chi connectivity index (χ0) is 15.4. The SMILES string of the molecule is O=c1c2ccccc2[se]n1-c1ccc(OCCCCI)cc1. The Morgan fingerprint density at radius 3 is 2.55 bits per heavy atom. The number of benzene rings is 2. The molecule has 0 unspecified atom stereocenters. The molecule has 0 aliphatic carbocycles. The minimum atomic E-state index is 0.0241. The van der Waals surface area contributed by atoms with Crippen LogP contribution >= 0.6 is 22.6 Å². The topological polar surface area (TPSA) is 31.2 Å². The summed E-state index contributed by atoms with van der Waals surface area (Å²) in [7, 11) is 0. The standard InChI is InChI=1S/C17H16INO2Se/c18-11-3-4-12-21-14-9-7-13(8-10-14)19-17(20)15-5-1-2-6-16(15)22-19/h1-2,5-10H,3-4,11-12H2. The number of fused-ring (bicyclic) bond motifs is 1. The van der Waals surface area contributed by atoms with E-state index in [0.29, 0.717) is 0 Å². The van der Waals surface area contributed by atoms with Crippen molar-refractivity contribution in [1.29, 1.82) is 0 Å². The number of rotatable bonds is 6. The Labute approximate surface area is 149 Å². The van der Waals surface area contributed by atoms with Crippen molar-refractivity contribution >= 4 is 47.0 Å². The van der Waals surface area contributed by atoms with E-state index in [1.807, 2.05) is 52.1 Å². The number of ether oxygens (including phenoxy) is 1. The molecule has 1 heterocycles. The first-order valence-corrected chi connectivity index (χ1v) is 10.3.